The van der Waals surface area contributed by atoms with Gasteiger partial charge in [0.1, 0.15) is 30.9 Å². The SMILES string of the molecule is CCCCC1[OH+][C-](CCc2ccc(O)c(OC[C@H](O)C3=C[C+]([C@H](C4CCCC4)[C@H](CNC)NC[C@H](C)O)C=N3)c2)C=C1CO. The van der Waals surface area contributed by atoms with Crippen molar-refractivity contribution in [2.45, 2.75) is 96.0 Å². The van der Waals surface area contributed by atoms with Crippen molar-refractivity contribution in [1.82, 2.24) is 10.6 Å². The molecule has 4 rings (SSSR count). The molecule has 0 spiro atoms. The van der Waals surface area contributed by atoms with Crippen LogP contribution in [0.25, 0.3) is 0 Å². The van der Waals surface area contributed by atoms with Crippen molar-refractivity contribution in [2.75, 3.05) is 33.4 Å². The van der Waals surface area contributed by atoms with Crippen LogP contribution in [0.1, 0.15) is 70.8 Å². The number of nitrogens with zero attached hydrogens (tertiary/aromatic N) is 1. The predicted octanol–water partition coefficient (Wildman–Crippen LogP) is 3.52. The fourth-order valence-electron chi connectivity index (χ4n) is 6.70. The summed E-state index contributed by atoms with van der Waals surface area (Å²) in [4.78, 5) is 4.58. The lowest BCUT2D eigenvalue weighted by molar-refractivity contribution is -0.0550. The third kappa shape index (κ3) is 9.49. The smallest absolute Gasteiger partial charge is 0.207 e. The zero-order valence-corrected chi connectivity index (χ0v) is 26.7. The highest BCUT2D eigenvalue weighted by Gasteiger charge is 2.43. The highest BCUT2D eigenvalue weighted by molar-refractivity contribution is 5.83. The van der Waals surface area contributed by atoms with Crippen LogP contribution in [0.3, 0.4) is 0 Å². The van der Waals surface area contributed by atoms with Crippen LogP contribution < -0.4 is 15.4 Å². The van der Waals surface area contributed by atoms with Crippen LogP contribution in [-0.4, -0.2) is 89.1 Å². The first-order chi connectivity index (χ1) is 21.3. The van der Waals surface area contributed by atoms with Gasteiger partial charge in [-0.15, -0.1) is 16.6 Å². The van der Waals surface area contributed by atoms with Crippen molar-refractivity contribution < 1.29 is 29.9 Å². The van der Waals surface area contributed by atoms with E-state index in [4.69, 9.17) is 9.47 Å². The molecule has 1 aromatic rings. The Morgan fingerprint density at radius 2 is 2.00 bits per heavy atom. The largest absolute Gasteiger partial charge is 0.504 e. The molecule has 3 aliphatic rings. The topological polar surface area (TPSA) is 139 Å². The molecule has 1 aromatic carbocycles. The molecule has 0 saturated heterocycles. The number of hydrogen-bond donors (Lipinski definition) is 6. The van der Waals surface area contributed by atoms with E-state index in [0.29, 0.717) is 23.9 Å². The molecule has 0 radical (unpaired) electrons. The van der Waals surface area contributed by atoms with Gasteiger partial charge in [0.2, 0.25) is 5.70 Å². The van der Waals surface area contributed by atoms with Crippen LogP contribution >= 0.6 is 0 Å². The van der Waals surface area contributed by atoms with E-state index in [1.165, 1.54) is 12.8 Å². The van der Waals surface area contributed by atoms with Crippen LogP contribution in [0.4, 0.5) is 0 Å². The van der Waals surface area contributed by atoms with Gasteiger partial charge in [-0.1, -0.05) is 32.3 Å². The molecule has 5 atom stereocenters. The minimum atomic E-state index is -0.945. The van der Waals surface area contributed by atoms with Crippen molar-refractivity contribution in [3.8, 4) is 11.5 Å². The first kappa shape index (κ1) is 34.3. The number of aromatic hydroxyl groups is 1. The van der Waals surface area contributed by atoms with Gasteiger partial charge >= 0.3 is 0 Å². The molecule has 9 heteroatoms. The molecule has 9 nitrogen and oxygen atoms in total. The zero-order chi connectivity index (χ0) is 31.5. The number of benzene rings is 1. The normalized spacial score (nSPS) is 21.5. The molecule has 0 aromatic heterocycles. The molecule has 1 unspecified atom stereocenters. The lowest BCUT2D eigenvalue weighted by Crippen LogP contribution is -2.49. The van der Waals surface area contributed by atoms with E-state index in [9.17, 15) is 20.4 Å². The van der Waals surface area contributed by atoms with Gasteiger partial charge in [0.05, 0.1) is 18.1 Å². The van der Waals surface area contributed by atoms with Crippen molar-refractivity contribution in [2.24, 2.45) is 16.8 Å². The molecule has 244 valence electrons. The number of unbranched alkanes of at least 4 members (excludes halogenated alkanes) is 1. The fraction of sp³-hybridized carbons (Fsp3) is 0.629. The van der Waals surface area contributed by atoms with Crippen molar-refractivity contribution in [1.29, 1.82) is 0 Å². The minimum absolute atomic E-state index is 0.0257. The van der Waals surface area contributed by atoms with Gasteiger partial charge < -0.3 is 40.5 Å². The monoisotopic (exact) mass is 612 g/mol. The van der Waals surface area contributed by atoms with Crippen LogP contribution in [0, 0.1) is 23.9 Å². The summed E-state index contributed by atoms with van der Waals surface area (Å²) in [6.07, 6.45) is 15.0. The summed E-state index contributed by atoms with van der Waals surface area (Å²) in [7, 11) is 1.94. The van der Waals surface area contributed by atoms with Crippen LogP contribution in [0.2, 0.25) is 0 Å². The van der Waals surface area contributed by atoms with Gasteiger partial charge in [0.25, 0.3) is 0 Å². The van der Waals surface area contributed by atoms with Crippen molar-refractivity contribution >= 4 is 6.21 Å². The molecule has 1 aliphatic carbocycles. The number of aryl methyl sites for hydroxylation is 1. The Hall–Kier alpha value is -2.53. The number of nitrogens with one attached hydrogen (secondary N) is 2. The van der Waals surface area contributed by atoms with E-state index in [0.717, 1.165) is 74.6 Å². The molecular weight excluding hydrogens is 558 g/mol. The summed E-state index contributed by atoms with van der Waals surface area (Å²) in [5.74, 6) is 2.18. The molecule has 1 saturated carbocycles. The number of ether oxygens (including phenoxy) is 2. The Labute approximate surface area is 263 Å². The molecule has 0 amide bonds. The number of aliphatic imine (C=N–C) groups is 1. The van der Waals surface area contributed by atoms with Gasteiger partial charge in [-0.25, -0.2) is 0 Å². The maximum atomic E-state index is 11.0. The average molecular weight is 613 g/mol. The molecule has 0 bridgehead atoms. The second-order valence-electron chi connectivity index (χ2n) is 12.6. The number of phenolic OH excluding ortho intramolecular Hbond substituents is 1. The van der Waals surface area contributed by atoms with Gasteiger partial charge in [-0.2, -0.15) is 0 Å². The highest BCUT2D eigenvalue weighted by Crippen LogP contribution is 2.40. The van der Waals surface area contributed by atoms with Gasteiger partial charge in [0, 0.05) is 32.2 Å². The maximum absolute atomic E-state index is 11.0. The minimum Gasteiger partial charge on any atom is -0.504 e. The number of aliphatic hydroxyl groups is 5. The van der Waals surface area contributed by atoms with Crippen molar-refractivity contribution in [3.05, 3.63) is 59.2 Å². The van der Waals surface area contributed by atoms with Gasteiger partial charge in [-0.3, -0.25) is 0 Å². The van der Waals surface area contributed by atoms with E-state index in [-0.39, 0.29) is 37.0 Å². The quantitative estimate of drug-likeness (QED) is 0.104. The maximum Gasteiger partial charge on any atom is 0.207 e. The molecule has 2 aliphatic heterocycles. The Bertz CT molecular complexity index is 1120. The summed E-state index contributed by atoms with van der Waals surface area (Å²) in [5, 5.41) is 48.0. The number of aliphatic hydroxyl groups excluding tert-OH is 3. The summed E-state index contributed by atoms with van der Waals surface area (Å²) in [6.45, 7) is 5.24. The number of hydrogen-bond acceptors (Lipinski definition) is 8. The second kappa shape index (κ2) is 17.2. The molecule has 2 heterocycles. The van der Waals surface area contributed by atoms with Crippen LogP contribution in [0.5, 0.6) is 11.5 Å². The van der Waals surface area contributed by atoms with E-state index in [1.807, 2.05) is 37.5 Å². The Morgan fingerprint density at radius 3 is 2.70 bits per heavy atom. The first-order valence-electron chi connectivity index (χ1n) is 16.5. The predicted molar refractivity (Wildman–Crippen MR) is 175 cm³/mol. The first-order valence-corrected chi connectivity index (χ1v) is 16.5. The van der Waals surface area contributed by atoms with E-state index >= 15 is 0 Å². The molecule has 1 fully saturated rings. The Balaban J connectivity index is 1.35. The van der Waals surface area contributed by atoms with E-state index in [1.54, 1.807) is 13.0 Å². The van der Waals surface area contributed by atoms with Crippen LogP contribution in [-0.2, 0) is 6.42 Å². The lowest BCUT2D eigenvalue weighted by atomic mass is 9.76. The summed E-state index contributed by atoms with van der Waals surface area (Å²) in [6, 6.07) is 5.45. The second-order valence-corrected chi connectivity index (χ2v) is 12.6. The van der Waals surface area contributed by atoms with Gasteiger partial charge in [-0.05, 0) is 69.7 Å². The Kier molecular flexibility index (Phi) is 13.5. The molecule has 7 N–H and O–H groups in total. The van der Waals surface area contributed by atoms with Crippen LogP contribution in [0.15, 0.2) is 46.6 Å². The Morgan fingerprint density at radius 1 is 1.20 bits per heavy atom. The highest BCUT2D eigenvalue weighted by atomic mass is 16.5. The number of rotatable bonds is 19. The number of allylic oxidation sites excluding steroid dienone is 1. The van der Waals surface area contributed by atoms with E-state index in [2.05, 4.69) is 22.5 Å². The summed E-state index contributed by atoms with van der Waals surface area (Å²) < 4.78 is 10.7. The number of likely N-dealkylation sites (N-methyl/N-ethyl adjacent to an activating group) is 1. The molecule has 44 heavy (non-hydrogen) atoms. The lowest BCUT2D eigenvalue weighted by Gasteiger charge is -2.31. The fourth-order valence-corrected chi connectivity index (χ4v) is 6.70. The van der Waals surface area contributed by atoms with Gasteiger partial charge in [0.15, 0.2) is 17.6 Å². The zero-order valence-electron chi connectivity index (χ0n) is 26.7. The molecular formula is C35H54N3O6+. The standard InChI is InChI=1S/C35H53N3O6/c1-4-5-10-33-27(21-39)16-28(44-33)13-11-24-12-14-31(41)34(15-24)43-22-32(42)29-17-26(19-38-29)35(25-8-6-7-9-25)30(20-36-3)37-18-23(2)40/h12,14-17,19,23,25,30,32-33,35-37,39-40,42,44H,4-11,13,18,20-22H2,1-3H3/p+1/t23-,30-,32-,33?,35-/m0/s1. The average Bonchev–Trinajstić information content (AvgIpc) is 3.80. The third-order valence-electron chi connectivity index (χ3n) is 9.05. The summed E-state index contributed by atoms with van der Waals surface area (Å²) in [5.41, 5.74) is 2.55. The van der Waals surface area contributed by atoms with Crippen molar-refractivity contribution in [3.63, 3.8) is 0 Å². The summed E-state index contributed by atoms with van der Waals surface area (Å²) >= 11 is 0. The third-order valence-corrected chi connectivity index (χ3v) is 9.05. The van der Waals surface area contributed by atoms with E-state index < -0.39 is 12.2 Å². The number of phenols is 1.